The Balaban J connectivity index is 1.48. The third kappa shape index (κ3) is 6.30. The smallest absolute Gasteiger partial charge is 0.267 e. The normalized spacial score (nSPS) is 17.1. The van der Waals surface area contributed by atoms with E-state index in [9.17, 15) is 9.59 Å². The van der Waals surface area contributed by atoms with E-state index in [1.807, 2.05) is 42.5 Å². The maximum atomic E-state index is 12.1. The SMILES string of the molecule is O=C(/C=C/c1ccc(/C=C/C(=O)c2ccccc2)cc1)NOC1CCCCO1. The Kier molecular flexibility index (Phi) is 7.29. The maximum absolute atomic E-state index is 12.1. The number of carbonyl (C=O) groups is 2. The number of amides is 1. The number of benzene rings is 2. The highest BCUT2D eigenvalue weighted by atomic mass is 16.8. The first kappa shape index (κ1) is 19.7. The molecular weight excluding hydrogens is 354 g/mol. The second-order valence-corrected chi connectivity index (χ2v) is 6.44. The molecule has 0 bridgehead atoms. The highest BCUT2D eigenvalue weighted by Crippen LogP contribution is 2.12. The summed E-state index contributed by atoms with van der Waals surface area (Å²) >= 11 is 0. The molecule has 1 amide bonds. The molecule has 0 saturated carbocycles. The van der Waals surface area contributed by atoms with Crippen LogP contribution < -0.4 is 5.48 Å². The number of ketones is 1. The summed E-state index contributed by atoms with van der Waals surface area (Å²) in [6.45, 7) is 0.661. The molecule has 0 aromatic heterocycles. The molecule has 1 heterocycles. The molecule has 5 heteroatoms. The number of nitrogens with one attached hydrogen (secondary N) is 1. The van der Waals surface area contributed by atoms with Gasteiger partial charge in [-0.3, -0.25) is 9.59 Å². The number of hydrogen-bond donors (Lipinski definition) is 1. The minimum absolute atomic E-state index is 0.0387. The van der Waals surface area contributed by atoms with Crippen LogP contribution in [0.3, 0.4) is 0 Å². The summed E-state index contributed by atoms with van der Waals surface area (Å²) < 4.78 is 5.38. The lowest BCUT2D eigenvalue weighted by Gasteiger charge is -2.21. The summed E-state index contributed by atoms with van der Waals surface area (Å²) in [7, 11) is 0. The quantitative estimate of drug-likeness (QED) is 0.447. The van der Waals surface area contributed by atoms with Gasteiger partial charge in [-0.25, -0.2) is 10.3 Å². The van der Waals surface area contributed by atoms with Crippen LogP contribution >= 0.6 is 0 Å². The fourth-order valence-corrected chi connectivity index (χ4v) is 2.72. The highest BCUT2D eigenvalue weighted by molar-refractivity contribution is 6.06. The Morgan fingerprint density at radius 2 is 1.61 bits per heavy atom. The number of carbonyl (C=O) groups excluding carboxylic acids is 2. The van der Waals surface area contributed by atoms with Crippen molar-refractivity contribution in [2.24, 2.45) is 0 Å². The van der Waals surface area contributed by atoms with Crippen LogP contribution in [0, 0.1) is 0 Å². The molecule has 0 aliphatic carbocycles. The van der Waals surface area contributed by atoms with Crippen LogP contribution in [0.25, 0.3) is 12.2 Å². The Bertz CT molecular complexity index is 835. The molecule has 1 N–H and O–H groups in total. The lowest BCUT2D eigenvalue weighted by molar-refractivity contribution is -0.198. The minimum atomic E-state index is -0.365. The Hall–Kier alpha value is -3.02. The maximum Gasteiger partial charge on any atom is 0.267 e. The van der Waals surface area contributed by atoms with Gasteiger partial charge in [-0.15, -0.1) is 0 Å². The van der Waals surface area contributed by atoms with E-state index in [0.717, 1.165) is 30.4 Å². The zero-order valence-corrected chi connectivity index (χ0v) is 15.5. The zero-order valence-electron chi connectivity index (χ0n) is 15.5. The molecule has 2 aromatic carbocycles. The number of hydrogen-bond acceptors (Lipinski definition) is 4. The summed E-state index contributed by atoms with van der Waals surface area (Å²) in [5.74, 6) is -0.380. The average molecular weight is 377 g/mol. The first-order valence-electron chi connectivity index (χ1n) is 9.33. The van der Waals surface area contributed by atoms with E-state index in [0.29, 0.717) is 12.2 Å². The van der Waals surface area contributed by atoms with E-state index in [-0.39, 0.29) is 18.0 Å². The first-order chi connectivity index (χ1) is 13.7. The molecule has 1 saturated heterocycles. The zero-order chi connectivity index (χ0) is 19.6. The molecule has 0 spiro atoms. The molecule has 144 valence electrons. The summed E-state index contributed by atoms with van der Waals surface area (Å²) in [5.41, 5.74) is 4.82. The third-order valence-electron chi connectivity index (χ3n) is 4.28. The van der Waals surface area contributed by atoms with Crippen LogP contribution in [-0.4, -0.2) is 24.6 Å². The number of hydroxylamine groups is 1. The van der Waals surface area contributed by atoms with Crippen LogP contribution in [-0.2, 0) is 14.4 Å². The number of rotatable bonds is 7. The first-order valence-corrected chi connectivity index (χ1v) is 9.33. The summed E-state index contributed by atoms with van der Waals surface area (Å²) in [6.07, 6.45) is 8.91. The van der Waals surface area contributed by atoms with Crippen molar-refractivity contribution in [2.75, 3.05) is 6.61 Å². The van der Waals surface area contributed by atoms with Gasteiger partial charge >= 0.3 is 0 Å². The van der Waals surface area contributed by atoms with E-state index >= 15 is 0 Å². The Labute approximate surface area is 164 Å². The molecule has 2 aromatic rings. The molecule has 3 rings (SSSR count). The lowest BCUT2D eigenvalue weighted by atomic mass is 10.1. The Morgan fingerprint density at radius 3 is 2.25 bits per heavy atom. The summed E-state index contributed by atoms with van der Waals surface area (Å²) in [4.78, 5) is 29.1. The van der Waals surface area contributed by atoms with E-state index in [1.54, 1.807) is 30.4 Å². The van der Waals surface area contributed by atoms with Gasteiger partial charge in [0.2, 0.25) is 0 Å². The van der Waals surface area contributed by atoms with Crippen molar-refractivity contribution < 1.29 is 19.2 Å². The molecule has 1 aliphatic heterocycles. The van der Waals surface area contributed by atoms with Crippen LogP contribution in [0.1, 0.15) is 40.7 Å². The van der Waals surface area contributed by atoms with E-state index < -0.39 is 0 Å². The van der Waals surface area contributed by atoms with E-state index in [1.165, 1.54) is 6.08 Å². The minimum Gasteiger partial charge on any atom is -0.350 e. The highest BCUT2D eigenvalue weighted by Gasteiger charge is 2.14. The monoisotopic (exact) mass is 377 g/mol. The predicted octanol–water partition coefficient (Wildman–Crippen LogP) is 4.17. The molecule has 0 radical (unpaired) electrons. The third-order valence-corrected chi connectivity index (χ3v) is 4.28. The van der Waals surface area contributed by atoms with Gasteiger partial charge in [0.05, 0.1) is 0 Å². The molecule has 1 aliphatic rings. The van der Waals surface area contributed by atoms with Crippen molar-refractivity contribution in [3.63, 3.8) is 0 Å². The number of ether oxygens (including phenoxy) is 1. The number of allylic oxidation sites excluding steroid dienone is 1. The van der Waals surface area contributed by atoms with Gasteiger partial charge in [0.25, 0.3) is 5.91 Å². The molecule has 1 atom stereocenters. The second-order valence-electron chi connectivity index (χ2n) is 6.44. The van der Waals surface area contributed by atoms with Gasteiger partial charge in [0.15, 0.2) is 12.1 Å². The molecule has 5 nitrogen and oxygen atoms in total. The van der Waals surface area contributed by atoms with E-state index in [4.69, 9.17) is 9.57 Å². The predicted molar refractivity (Wildman–Crippen MR) is 108 cm³/mol. The molecule has 28 heavy (non-hydrogen) atoms. The fraction of sp³-hybridized carbons (Fsp3) is 0.217. The van der Waals surface area contributed by atoms with E-state index in [2.05, 4.69) is 5.48 Å². The molecule has 1 fully saturated rings. The van der Waals surface area contributed by atoms with Crippen molar-refractivity contribution in [3.8, 4) is 0 Å². The average Bonchev–Trinajstić information content (AvgIpc) is 2.76. The van der Waals surface area contributed by atoms with Crippen molar-refractivity contribution >= 4 is 23.8 Å². The van der Waals surface area contributed by atoms with Gasteiger partial charge in [-0.2, -0.15) is 0 Å². The van der Waals surface area contributed by atoms with Crippen LogP contribution in [0.4, 0.5) is 0 Å². The van der Waals surface area contributed by atoms with Gasteiger partial charge in [0, 0.05) is 24.7 Å². The standard InChI is InChI=1S/C23H23NO4/c25-21(20-6-2-1-3-7-20)15-13-18-9-11-19(12-10-18)14-16-22(26)24-28-23-8-4-5-17-27-23/h1-3,6-7,9-16,23H,4-5,8,17H2,(H,24,26)/b15-13+,16-14+. The van der Waals surface area contributed by atoms with Crippen molar-refractivity contribution in [1.29, 1.82) is 0 Å². The van der Waals surface area contributed by atoms with Crippen LogP contribution in [0.15, 0.2) is 66.7 Å². The van der Waals surface area contributed by atoms with Crippen molar-refractivity contribution in [2.45, 2.75) is 25.6 Å². The van der Waals surface area contributed by atoms with Crippen LogP contribution in [0.2, 0.25) is 0 Å². The van der Waals surface area contributed by atoms with Gasteiger partial charge in [-0.1, -0.05) is 60.7 Å². The van der Waals surface area contributed by atoms with Gasteiger partial charge in [0.1, 0.15) is 0 Å². The van der Waals surface area contributed by atoms with Gasteiger partial charge in [-0.05, 0) is 36.1 Å². The van der Waals surface area contributed by atoms with Crippen molar-refractivity contribution in [3.05, 3.63) is 83.4 Å². The van der Waals surface area contributed by atoms with Crippen LogP contribution in [0.5, 0.6) is 0 Å². The fourth-order valence-electron chi connectivity index (χ4n) is 2.72. The molecular formula is C23H23NO4. The summed E-state index contributed by atoms with van der Waals surface area (Å²) in [6, 6.07) is 16.7. The Morgan fingerprint density at radius 1 is 0.929 bits per heavy atom. The lowest BCUT2D eigenvalue weighted by Crippen LogP contribution is -2.32. The topological polar surface area (TPSA) is 64.6 Å². The largest absolute Gasteiger partial charge is 0.350 e. The summed E-state index contributed by atoms with van der Waals surface area (Å²) in [5, 5.41) is 0. The van der Waals surface area contributed by atoms with Gasteiger partial charge < -0.3 is 4.74 Å². The van der Waals surface area contributed by atoms with Crippen molar-refractivity contribution in [1.82, 2.24) is 5.48 Å². The second kappa shape index (κ2) is 10.3. The molecule has 1 unspecified atom stereocenters.